The van der Waals surface area contributed by atoms with Gasteiger partial charge in [-0.2, -0.15) is 5.10 Å². The summed E-state index contributed by atoms with van der Waals surface area (Å²) < 4.78 is 26.3. The summed E-state index contributed by atoms with van der Waals surface area (Å²) in [5, 5.41) is 7.36. The second-order valence-electron chi connectivity index (χ2n) is 6.98. The third-order valence-electron chi connectivity index (χ3n) is 5.02. The molecule has 1 aromatic heterocycles. The molecule has 1 fully saturated rings. The van der Waals surface area contributed by atoms with Crippen molar-refractivity contribution in [1.82, 2.24) is 20.0 Å². The molecule has 0 bridgehead atoms. The van der Waals surface area contributed by atoms with E-state index >= 15 is 0 Å². The van der Waals surface area contributed by atoms with Crippen LogP contribution in [0.2, 0.25) is 5.02 Å². The van der Waals surface area contributed by atoms with Gasteiger partial charge in [0.25, 0.3) is 5.91 Å². The second-order valence-corrected chi connectivity index (χ2v) is 7.39. The van der Waals surface area contributed by atoms with E-state index in [4.69, 9.17) is 11.6 Å². The van der Waals surface area contributed by atoms with Crippen molar-refractivity contribution >= 4 is 17.5 Å². The Morgan fingerprint density at radius 2 is 1.69 bits per heavy atom. The molecule has 1 amide bonds. The average Bonchev–Trinajstić information content (AvgIpc) is 3.21. The molecular formula is C21H19ClF2N4O. The summed E-state index contributed by atoms with van der Waals surface area (Å²) in [6.07, 6.45) is 0. The van der Waals surface area contributed by atoms with Crippen molar-refractivity contribution in [3.05, 3.63) is 76.4 Å². The molecule has 4 rings (SSSR count). The SMILES string of the molecule is O=C(c1cc(-c2ccc(F)cc2)n[nH]1)N1CCN(Cc2ccc(F)cc2Cl)CC1. The Morgan fingerprint density at radius 3 is 2.38 bits per heavy atom. The van der Waals surface area contributed by atoms with Crippen LogP contribution in [0.15, 0.2) is 48.5 Å². The third kappa shape index (κ3) is 4.46. The smallest absolute Gasteiger partial charge is 0.271 e. The molecular weight excluding hydrogens is 398 g/mol. The molecule has 5 nitrogen and oxygen atoms in total. The van der Waals surface area contributed by atoms with Gasteiger partial charge in [-0.15, -0.1) is 0 Å². The van der Waals surface area contributed by atoms with Gasteiger partial charge in [-0.05, 0) is 48.0 Å². The van der Waals surface area contributed by atoms with E-state index < -0.39 is 0 Å². The Balaban J connectivity index is 1.36. The summed E-state index contributed by atoms with van der Waals surface area (Å²) in [7, 11) is 0. The fraction of sp³-hybridized carbons (Fsp3) is 0.238. The number of H-pyrrole nitrogens is 1. The van der Waals surface area contributed by atoms with Gasteiger partial charge in [0.1, 0.15) is 17.3 Å². The number of rotatable bonds is 4. The van der Waals surface area contributed by atoms with Gasteiger partial charge in [-0.25, -0.2) is 8.78 Å². The van der Waals surface area contributed by atoms with Gasteiger partial charge >= 0.3 is 0 Å². The average molecular weight is 417 g/mol. The number of halogens is 3. The highest BCUT2D eigenvalue weighted by atomic mass is 35.5. The molecule has 29 heavy (non-hydrogen) atoms. The highest BCUT2D eigenvalue weighted by Crippen LogP contribution is 2.21. The molecule has 0 aliphatic carbocycles. The maximum atomic E-state index is 13.2. The lowest BCUT2D eigenvalue weighted by Crippen LogP contribution is -2.48. The number of benzene rings is 2. The fourth-order valence-electron chi connectivity index (χ4n) is 3.37. The van der Waals surface area contributed by atoms with Crippen LogP contribution in [0, 0.1) is 11.6 Å². The van der Waals surface area contributed by atoms with Gasteiger partial charge in [-0.1, -0.05) is 17.7 Å². The van der Waals surface area contributed by atoms with E-state index in [2.05, 4.69) is 15.1 Å². The minimum atomic E-state index is -0.353. The minimum absolute atomic E-state index is 0.120. The van der Waals surface area contributed by atoms with Crippen molar-refractivity contribution in [2.24, 2.45) is 0 Å². The van der Waals surface area contributed by atoms with Crippen molar-refractivity contribution in [2.45, 2.75) is 6.54 Å². The Kier molecular flexibility index (Phi) is 5.60. The molecule has 1 saturated heterocycles. The number of carbonyl (C=O) groups is 1. The van der Waals surface area contributed by atoms with Gasteiger partial charge in [0.2, 0.25) is 0 Å². The predicted molar refractivity (Wildman–Crippen MR) is 107 cm³/mol. The topological polar surface area (TPSA) is 52.2 Å². The lowest BCUT2D eigenvalue weighted by molar-refractivity contribution is 0.0622. The van der Waals surface area contributed by atoms with Crippen LogP contribution >= 0.6 is 11.6 Å². The van der Waals surface area contributed by atoms with E-state index in [0.717, 1.165) is 11.1 Å². The highest BCUT2D eigenvalue weighted by Gasteiger charge is 2.24. The van der Waals surface area contributed by atoms with Crippen LogP contribution in [0.3, 0.4) is 0 Å². The number of piperazine rings is 1. The van der Waals surface area contributed by atoms with E-state index in [1.807, 2.05) is 0 Å². The number of hydrogen-bond acceptors (Lipinski definition) is 3. The van der Waals surface area contributed by atoms with E-state index in [1.165, 1.54) is 24.3 Å². The maximum absolute atomic E-state index is 13.2. The van der Waals surface area contributed by atoms with Crippen LogP contribution in [-0.2, 0) is 6.54 Å². The molecule has 3 aromatic rings. The van der Waals surface area contributed by atoms with Gasteiger partial charge in [-0.3, -0.25) is 14.8 Å². The van der Waals surface area contributed by atoms with Crippen LogP contribution in [0.25, 0.3) is 11.3 Å². The number of aromatic amines is 1. The van der Waals surface area contributed by atoms with Crippen LogP contribution in [0.4, 0.5) is 8.78 Å². The van der Waals surface area contributed by atoms with Crippen molar-refractivity contribution in [3.63, 3.8) is 0 Å². The second kappa shape index (κ2) is 8.31. The Bertz CT molecular complexity index is 1010. The van der Waals surface area contributed by atoms with Gasteiger partial charge < -0.3 is 4.90 Å². The number of hydrogen-bond donors (Lipinski definition) is 1. The zero-order chi connectivity index (χ0) is 20.4. The zero-order valence-corrected chi connectivity index (χ0v) is 16.3. The molecule has 2 heterocycles. The highest BCUT2D eigenvalue weighted by molar-refractivity contribution is 6.31. The number of aromatic nitrogens is 2. The van der Waals surface area contributed by atoms with E-state index in [0.29, 0.717) is 49.1 Å². The first kappa shape index (κ1) is 19.5. The first-order valence-corrected chi connectivity index (χ1v) is 9.64. The Labute approximate surface area is 171 Å². The molecule has 0 saturated carbocycles. The normalized spacial score (nSPS) is 14.9. The predicted octanol–water partition coefficient (Wildman–Crippen LogP) is 3.97. The Hall–Kier alpha value is -2.77. The van der Waals surface area contributed by atoms with Crippen LogP contribution in [0.5, 0.6) is 0 Å². The Morgan fingerprint density at radius 1 is 1.00 bits per heavy atom. The summed E-state index contributed by atoms with van der Waals surface area (Å²) >= 11 is 6.11. The van der Waals surface area contributed by atoms with E-state index in [9.17, 15) is 13.6 Å². The van der Waals surface area contributed by atoms with Gasteiger partial charge in [0.15, 0.2) is 0 Å². The van der Waals surface area contributed by atoms with Crippen molar-refractivity contribution in [1.29, 1.82) is 0 Å². The monoisotopic (exact) mass is 416 g/mol. The zero-order valence-electron chi connectivity index (χ0n) is 15.5. The summed E-state index contributed by atoms with van der Waals surface area (Å²) in [5.41, 5.74) is 2.60. The number of carbonyl (C=O) groups excluding carboxylic acids is 1. The van der Waals surface area contributed by atoms with Crippen LogP contribution < -0.4 is 0 Å². The summed E-state index contributed by atoms with van der Waals surface area (Å²) in [6.45, 7) is 3.14. The van der Waals surface area contributed by atoms with Crippen molar-refractivity contribution < 1.29 is 13.6 Å². The lowest BCUT2D eigenvalue weighted by Gasteiger charge is -2.34. The molecule has 1 aliphatic rings. The third-order valence-corrected chi connectivity index (χ3v) is 5.37. The largest absolute Gasteiger partial charge is 0.335 e. The summed E-state index contributed by atoms with van der Waals surface area (Å²) in [5.74, 6) is -0.792. The summed E-state index contributed by atoms with van der Waals surface area (Å²) in [6, 6.07) is 12.1. The maximum Gasteiger partial charge on any atom is 0.271 e. The van der Waals surface area contributed by atoms with Crippen molar-refractivity contribution in [2.75, 3.05) is 26.2 Å². The van der Waals surface area contributed by atoms with Crippen molar-refractivity contribution in [3.8, 4) is 11.3 Å². The first-order valence-electron chi connectivity index (χ1n) is 9.26. The number of amides is 1. The van der Waals surface area contributed by atoms with Crippen LogP contribution in [-0.4, -0.2) is 52.1 Å². The number of nitrogens with zero attached hydrogens (tertiary/aromatic N) is 3. The lowest BCUT2D eigenvalue weighted by atomic mass is 10.1. The van der Waals surface area contributed by atoms with Gasteiger partial charge in [0.05, 0.1) is 5.69 Å². The molecule has 0 atom stereocenters. The first-order chi connectivity index (χ1) is 14.0. The fourth-order valence-corrected chi connectivity index (χ4v) is 3.60. The van der Waals surface area contributed by atoms with Crippen LogP contribution in [0.1, 0.15) is 16.1 Å². The molecule has 150 valence electrons. The molecule has 8 heteroatoms. The quantitative estimate of drug-likeness (QED) is 0.700. The molecule has 2 aromatic carbocycles. The molecule has 0 radical (unpaired) electrons. The van der Waals surface area contributed by atoms with E-state index in [-0.39, 0.29) is 17.5 Å². The molecule has 1 aliphatic heterocycles. The molecule has 0 spiro atoms. The number of nitrogens with one attached hydrogen (secondary N) is 1. The summed E-state index contributed by atoms with van der Waals surface area (Å²) in [4.78, 5) is 16.7. The minimum Gasteiger partial charge on any atom is -0.335 e. The molecule has 0 unspecified atom stereocenters. The molecule has 1 N–H and O–H groups in total. The standard InChI is InChI=1S/C21H19ClF2N4O/c22-18-11-17(24)6-3-15(18)13-27-7-9-28(10-8-27)21(29)20-12-19(25-26-20)14-1-4-16(23)5-2-14/h1-6,11-12H,7-10,13H2,(H,25,26). The van der Waals surface area contributed by atoms with Gasteiger partial charge in [0, 0.05) is 43.3 Å². The van der Waals surface area contributed by atoms with E-state index in [1.54, 1.807) is 29.2 Å².